The molecule has 0 bridgehead atoms. The molecule has 0 aliphatic carbocycles. The Labute approximate surface area is 278 Å². The zero-order valence-electron chi connectivity index (χ0n) is 27.2. The summed E-state index contributed by atoms with van der Waals surface area (Å²) in [5.41, 5.74) is -4.00. The highest BCUT2D eigenvalue weighted by Gasteiger charge is 2.42. The van der Waals surface area contributed by atoms with Crippen LogP contribution in [0.5, 0.6) is 0 Å². The maximum absolute atomic E-state index is 14.2. The van der Waals surface area contributed by atoms with Gasteiger partial charge in [-0.15, -0.1) is 0 Å². The van der Waals surface area contributed by atoms with Crippen molar-refractivity contribution in [2.75, 3.05) is 56.3 Å². The first kappa shape index (κ1) is 36.5. The Bertz CT molecular complexity index is 1670. The van der Waals surface area contributed by atoms with E-state index in [1.165, 1.54) is 45.3 Å². The number of anilines is 2. The molecule has 49 heavy (non-hydrogen) atoms. The van der Waals surface area contributed by atoms with E-state index in [0.717, 1.165) is 4.90 Å². The van der Waals surface area contributed by atoms with Gasteiger partial charge in [-0.1, -0.05) is 6.07 Å². The maximum atomic E-state index is 14.2. The van der Waals surface area contributed by atoms with Gasteiger partial charge in [-0.2, -0.15) is 26.3 Å². The molecular weight excluding hydrogens is 661 g/mol. The molecule has 3 heterocycles. The van der Waals surface area contributed by atoms with Gasteiger partial charge in [0.2, 0.25) is 5.91 Å². The van der Waals surface area contributed by atoms with Gasteiger partial charge < -0.3 is 24.7 Å². The molecule has 0 radical (unpaired) electrons. The van der Waals surface area contributed by atoms with Crippen molar-refractivity contribution < 1.29 is 50.5 Å². The summed E-state index contributed by atoms with van der Waals surface area (Å²) >= 11 is 0. The lowest BCUT2D eigenvalue weighted by atomic mass is 9.81. The lowest BCUT2D eigenvalue weighted by Gasteiger charge is -2.49. The second-order valence-electron chi connectivity index (χ2n) is 13.0. The van der Waals surface area contributed by atoms with E-state index in [1.54, 1.807) is 13.0 Å². The van der Waals surface area contributed by atoms with Crippen LogP contribution >= 0.6 is 0 Å². The number of halogens is 7. The van der Waals surface area contributed by atoms with E-state index in [9.17, 15) is 45.7 Å². The van der Waals surface area contributed by atoms with E-state index in [4.69, 9.17) is 4.74 Å². The predicted octanol–water partition coefficient (Wildman–Crippen LogP) is 5.42. The Balaban J connectivity index is 1.61. The van der Waals surface area contributed by atoms with Crippen molar-refractivity contribution in [3.05, 3.63) is 76.7 Å². The first-order valence-corrected chi connectivity index (χ1v) is 15.5. The van der Waals surface area contributed by atoms with E-state index >= 15 is 0 Å². The Kier molecular flexibility index (Phi) is 10.0. The molecule has 3 aromatic rings. The monoisotopic (exact) mass is 698 g/mol. The van der Waals surface area contributed by atoms with Gasteiger partial charge >= 0.3 is 12.4 Å². The lowest BCUT2D eigenvalue weighted by molar-refractivity contribution is -0.143. The van der Waals surface area contributed by atoms with E-state index in [0.29, 0.717) is 67.5 Å². The first-order valence-electron chi connectivity index (χ1n) is 15.5. The quantitative estimate of drug-likeness (QED) is 0.319. The molecule has 2 aliphatic heterocycles. The van der Waals surface area contributed by atoms with Gasteiger partial charge in [-0.05, 0) is 73.9 Å². The Morgan fingerprint density at radius 1 is 1.00 bits per heavy atom. The summed E-state index contributed by atoms with van der Waals surface area (Å²) in [7, 11) is 1.33. The van der Waals surface area contributed by atoms with Crippen LogP contribution in [0.25, 0.3) is 11.1 Å². The SMILES string of the molecule is Cc1cc(F)ccc1-c1cc(N2C[C@H]3COCCN3C[C@H]2C(O)CO)ncc1N(C)C(=O)C(C)(C)c1cc(C(F)(F)F)cc(C(F)(F)F)c1. The number of hydrogen-bond acceptors (Lipinski definition) is 7. The number of amides is 1. The topological polar surface area (TPSA) is 89.4 Å². The van der Waals surface area contributed by atoms with Gasteiger partial charge in [0.25, 0.3) is 0 Å². The van der Waals surface area contributed by atoms with Crippen LogP contribution in [0, 0.1) is 12.7 Å². The van der Waals surface area contributed by atoms with Gasteiger partial charge in [-0.25, -0.2) is 9.37 Å². The van der Waals surface area contributed by atoms with Crippen molar-refractivity contribution in [2.45, 2.75) is 56.7 Å². The highest BCUT2D eigenvalue weighted by atomic mass is 19.4. The summed E-state index contributed by atoms with van der Waals surface area (Å²) in [6, 6.07) is 6.07. The number of hydrogen-bond donors (Lipinski definition) is 2. The number of piperazine rings is 1. The second kappa shape index (κ2) is 13.5. The number of alkyl halides is 6. The number of rotatable bonds is 7. The molecular formula is C34H37F7N4O4. The molecule has 15 heteroatoms. The number of carbonyl (C=O) groups excluding carboxylic acids is 1. The van der Waals surface area contributed by atoms with Crippen molar-refractivity contribution in [1.82, 2.24) is 9.88 Å². The average Bonchev–Trinajstić information content (AvgIpc) is 3.05. The minimum absolute atomic E-state index is 0.00603. The zero-order valence-corrected chi connectivity index (χ0v) is 27.2. The number of ether oxygens (including phenoxy) is 1. The number of benzene rings is 2. The highest BCUT2D eigenvalue weighted by Crippen LogP contribution is 2.42. The number of pyridine rings is 1. The highest BCUT2D eigenvalue weighted by molar-refractivity contribution is 6.03. The molecule has 1 unspecified atom stereocenters. The molecule has 3 atom stereocenters. The number of fused-ring (bicyclic) bond motifs is 1. The summed E-state index contributed by atoms with van der Waals surface area (Å²) < 4.78 is 102. The van der Waals surface area contributed by atoms with E-state index < -0.39 is 64.9 Å². The number of aromatic nitrogens is 1. The number of carbonyl (C=O) groups is 1. The number of likely N-dealkylation sites (N-methyl/N-ethyl adjacent to an activating group) is 1. The van der Waals surface area contributed by atoms with Gasteiger partial charge in [0.1, 0.15) is 11.6 Å². The van der Waals surface area contributed by atoms with Crippen molar-refractivity contribution in [3.63, 3.8) is 0 Å². The van der Waals surface area contributed by atoms with Crippen molar-refractivity contribution >= 4 is 17.4 Å². The first-order chi connectivity index (χ1) is 22.8. The summed E-state index contributed by atoms with van der Waals surface area (Å²) in [6.45, 7) is 5.95. The van der Waals surface area contributed by atoms with E-state index in [1.807, 2.05) is 4.90 Å². The van der Waals surface area contributed by atoms with E-state index in [2.05, 4.69) is 9.88 Å². The number of aryl methyl sites for hydroxylation is 1. The van der Waals surface area contributed by atoms with Crippen LogP contribution in [0.4, 0.5) is 42.2 Å². The fourth-order valence-corrected chi connectivity index (χ4v) is 6.49. The van der Waals surface area contributed by atoms with Crippen molar-refractivity contribution in [2.24, 2.45) is 0 Å². The van der Waals surface area contributed by atoms with Crippen LogP contribution in [0.2, 0.25) is 0 Å². The fourth-order valence-electron chi connectivity index (χ4n) is 6.49. The Hall–Kier alpha value is -3.79. The summed E-state index contributed by atoms with van der Waals surface area (Å²) in [6.07, 6.45) is -10.0. The van der Waals surface area contributed by atoms with Gasteiger partial charge in [0.05, 0.1) is 66.4 Å². The zero-order chi connectivity index (χ0) is 36.1. The summed E-state index contributed by atoms with van der Waals surface area (Å²) in [5, 5.41) is 20.7. The third-order valence-corrected chi connectivity index (χ3v) is 9.36. The molecule has 0 spiro atoms. The molecule has 2 saturated heterocycles. The Morgan fingerprint density at radius 2 is 1.63 bits per heavy atom. The maximum Gasteiger partial charge on any atom is 0.416 e. The second-order valence-corrected chi connectivity index (χ2v) is 13.0. The molecule has 8 nitrogen and oxygen atoms in total. The number of aliphatic hydroxyl groups excluding tert-OH is 2. The Morgan fingerprint density at radius 3 is 2.22 bits per heavy atom. The van der Waals surface area contributed by atoms with Crippen LogP contribution in [0.1, 0.15) is 36.1 Å². The van der Waals surface area contributed by atoms with Crippen LogP contribution in [-0.2, 0) is 27.3 Å². The van der Waals surface area contributed by atoms with Crippen LogP contribution in [-0.4, -0.2) is 90.7 Å². The van der Waals surface area contributed by atoms with Gasteiger partial charge in [-0.3, -0.25) is 9.69 Å². The molecule has 2 N–H and O–H groups in total. The lowest BCUT2D eigenvalue weighted by Crippen LogP contribution is -2.65. The molecule has 0 saturated carbocycles. The third kappa shape index (κ3) is 7.39. The number of morpholine rings is 1. The molecule has 2 fully saturated rings. The molecule has 2 aliphatic rings. The molecule has 1 aromatic heterocycles. The molecule has 2 aromatic carbocycles. The van der Waals surface area contributed by atoms with Gasteiger partial charge in [0.15, 0.2) is 0 Å². The predicted molar refractivity (Wildman–Crippen MR) is 168 cm³/mol. The fraction of sp³-hybridized carbons (Fsp3) is 0.471. The standard InChI is InChI=1S/C34H37F7N4O4/c1-19-9-23(35)5-6-25(19)26-13-30(45-15-24-18-49-8-7-44(24)16-28(45)29(47)17-46)42-14-27(26)43(4)31(48)32(2,3)20-10-21(33(36,37)38)12-22(11-20)34(39,40)41/h5-6,9-14,24,28-29,46-47H,7-8,15-18H2,1-4H3/t24-,28-,29?/m0/s1. The molecule has 5 rings (SSSR count). The number of aliphatic hydroxyl groups is 2. The average molecular weight is 699 g/mol. The van der Waals surface area contributed by atoms with E-state index in [-0.39, 0.29) is 17.8 Å². The third-order valence-electron chi connectivity index (χ3n) is 9.36. The molecule has 1 amide bonds. The number of nitrogens with zero attached hydrogens (tertiary/aromatic N) is 4. The largest absolute Gasteiger partial charge is 0.416 e. The summed E-state index contributed by atoms with van der Waals surface area (Å²) in [5.74, 6) is -0.998. The van der Waals surface area contributed by atoms with Crippen molar-refractivity contribution in [1.29, 1.82) is 0 Å². The van der Waals surface area contributed by atoms with Crippen LogP contribution in [0.3, 0.4) is 0 Å². The smallest absolute Gasteiger partial charge is 0.394 e. The van der Waals surface area contributed by atoms with Crippen LogP contribution in [0.15, 0.2) is 48.7 Å². The normalized spacial score (nSPS) is 19.8. The van der Waals surface area contributed by atoms with Gasteiger partial charge in [0, 0.05) is 32.2 Å². The summed E-state index contributed by atoms with van der Waals surface area (Å²) in [4.78, 5) is 23.8. The van der Waals surface area contributed by atoms with Crippen molar-refractivity contribution in [3.8, 4) is 11.1 Å². The van der Waals surface area contributed by atoms with Crippen LogP contribution < -0.4 is 9.80 Å². The molecule has 266 valence electrons. The minimum Gasteiger partial charge on any atom is -0.394 e. The minimum atomic E-state index is -5.11.